The minimum Gasteiger partial charge on any atom is -0.388 e. The number of nitrogens with two attached hydrogens (primary N) is 1. The van der Waals surface area contributed by atoms with Gasteiger partial charge in [-0.3, -0.25) is 4.79 Å². The summed E-state index contributed by atoms with van der Waals surface area (Å²) in [6.07, 6.45) is 1.68. The number of carbonyl (C=O) groups excluding carboxylic acids is 1. The fourth-order valence-corrected chi connectivity index (χ4v) is 3.59. The quantitative estimate of drug-likeness (QED) is 0.882. The van der Waals surface area contributed by atoms with Crippen molar-refractivity contribution in [2.45, 2.75) is 31.3 Å². The minimum absolute atomic E-state index is 0.0838. The molecule has 0 aliphatic carbocycles. The lowest BCUT2D eigenvalue weighted by molar-refractivity contribution is -0.112. The van der Waals surface area contributed by atoms with E-state index in [0.29, 0.717) is 5.71 Å². The maximum Gasteiger partial charge on any atom is 0.266 e. The second-order valence-corrected chi connectivity index (χ2v) is 5.92. The van der Waals surface area contributed by atoms with Crippen LogP contribution >= 0.6 is 0 Å². The molecule has 2 atom stereocenters. The van der Waals surface area contributed by atoms with E-state index in [2.05, 4.69) is 29.5 Å². The summed E-state index contributed by atoms with van der Waals surface area (Å²) in [4.78, 5) is 17.5. The molecule has 3 rings (SSSR count). The third kappa shape index (κ3) is 2.42. The van der Waals surface area contributed by atoms with E-state index < -0.39 is 11.5 Å². The number of nitrogens with zero attached hydrogens (tertiary/aromatic N) is 1. The van der Waals surface area contributed by atoms with Gasteiger partial charge >= 0.3 is 0 Å². The van der Waals surface area contributed by atoms with Gasteiger partial charge in [0.25, 0.3) is 5.91 Å². The van der Waals surface area contributed by atoms with E-state index in [1.165, 1.54) is 5.56 Å². The fraction of sp³-hybridized carbons (Fsp3) is 0.500. The molecule has 5 nitrogen and oxygen atoms in total. The highest BCUT2D eigenvalue weighted by atomic mass is 16.7. The van der Waals surface area contributed by atoms with Gasteiger partial charge in [0, 0.05) is 12.8 Å². The maximum absolute atomic E-state index is 11.8. The lowest BCUT2D eigenvalue weighted by atomic mass is 9.69. The first kappa shape index (κ1) is 14.1. The van der Waals surface area contributed by atoms with Crippen molar-refractivity contribution in [3.05, 3.63) is 35.9 Å². The number of rotatable bonds is 3. The summed E-state index contributed by atoms with van der Waals surface area (Å²) in [6.45, 7) is 3.87. The van der Waals surface area contributed by atoms with Crippen molar-refractivity contribution in [2.75, 3.05) is 13.1 Å². The lowest BCUT2D eigenvalue weighted by Gasteiger charge is -2.39. The van der Waals surface area contributed by atoms with Gasteiger partial charge in [-0.1, -0.05) is 42.4 Å². The number of oxime groups is 1. The van der Waals surface area contributed by atoms with Crippen LogP contribution < -0.4 is 11.1 Å². The zero-order valence-corrected chi connectivity index (χ0v) is 12.2. The van der Waals surface area contributed by atoms with Crippen LogP contribution in [0.25, 0.3) is 0 Å². The molecule has 1 saturated heterocycles. The van der Waals surface area contributed by atoms with Crippen LogP contribution in [0.3, 0.4) is 0 Å². The van der Waals surface area contributed by atoms with Crippen LogP contribution in [-0.4, -0.2) is 30.3 Å². The summed E-state index contributed by atoms with van der Waals surface area (Å²) in [5.74, 6) is -0.421. The largest absolute Gasteiger partial charge is 0.388 e. The molecule has 0 saturated carbocycles. The average Bonchev–Trinajstić information content (AvgIpc) is 2.87. The van der Waals surface area contributed by atoms with Gasteiger partial charge in [-0.25, -0.2) is 0 Å². The van der Waals surface area contributed by atoms with Crippen molar-refractivity contribution in [2.24, 2.45) is 16.8 Å². The van der Waals surface area contributed by atoms with Crippen molar-refractivity contribution in [1.29, 1.82) is 0 Å². The highest BCUT2D eigenvalue weighted by Gasteiger charge is 2.53. The number of carbonyl (C=O) groups is 1. The van der Waals surface area contributed by atoms with Crippen molar-refractivity contribution in [1.82, 2.24) is 5.32 Å². The van der Waals surface area contributed by atoms with Crippen LogP contribution in [0.5, 0.6) is 0 Å². The van der Waals surface area contributed by atoms with E-state index in [1.807, 2.05) is 18.2 Å². The van der Waals surface area contributed by atoms with Crippen molar-refractivity contribution in [3.63, 3.8) is 0 Å². The second kappa shape index (κ2) is 5.48. The molecular formula is C16H21N3O2. The molecule has 2 aliphatic rings. The molecule has 1 amide bonds. The van der Waals surface area contributed by atoms with Crippen LogP contribution in [0.15, 0.2) is 35.5 Å². The monoisotopic (exact) mass is 287 g/mol. The van der Waals surface area contributed by atoms with Gasteiger partial charge in [0.15, 0.2) is 5.71 Å². The lowest BCUT2D eigenvalue weighted by Crippen LogP contribution is -2.51. The number of benzene rings is 1. The van der Waals surface area contributed by atoms with Gasteiger partial charge in [-0.05, 0) is 24.6 Å². The Bertz CT molecular complexity index is 550. The number of nitrogens with one attached hydrogen (secondary N) is 1. The van der Waals surface area contributed by atoms with Gasteiger partial charge in [0.2, 0.25) is 0 Å². The third-order valence-electron chi connectivity index (χ3n) is 4.71. The van der Waals surface area contributed by atoms with Crippen molar-refractivity contribution < 1.29 is 9.63 Å². The van der Waals surface area contributed by atoms with Gasteiger partial charge < -0.3 is 15.9 Å². The Balaban J connectivity index is 1.96. The molecular weight excluding hydrogens is 266 g/mol. The molecule has 1 aromatic rings. The molecule has 1 spiro atoms. The predicted octanol–water partition coefficient (Wildman–Crippen LogP) is 1.40. The Morgan fingerprint density at radius 3 is 2.67 bits per heavy atom. The van der Waals surface area contributed by atoms with Crippen LogP contribution in [0, 0.1) is 5.92 Å². The van der Waals surface area contributed by atoms with E-state index >= 15 is 0 Å². The Kier molecular flexibility index (Phi) is 3.68. The number of piperidine rings is 1. The maximum atomic E-state index is 11.8. The fourth-order valence-electron chi connectivity index (χ4n) is 3.59. The van der Waals surface area contributed by atoms with Crippen molar-refractivity contribution in [3.8, 4) is 0 Å². The molecule has 21 heavy (non-hydrogen) atoms. The number of hydrogen-bond acceptors (Lipinski definition) is 4. The summed E-state index contributed by atoms with van der Waals surface area (Å²) in [7, 11) is 0. The normalized spacial score (nSPS) is 25.2. The van der Waals surface area contributed by atoms with Gasteiger partial charge in [-0.2, -0.15) is 0 Å². The topological polar surface area (TPSA) is 76.7 Å². The smallest absolute Gasteiger partial charge is 0.266 e. The van der Waals surface area contributed by atoms with E-state index in [1.54, 1.807) is 0 Å². The summed E-state index contributed by atoms with van der Waals surface area (Å²) >= 11 is 0. The highest BCUT2D eigenvalue weighted by molar-refractivity contribution is 6.39. The van der Waals surface area contributed by atoms with E-state index in [9.17, 15) is 4.79 Å². The molecule has 0 aromatic heterocycles. The molecule has 2 heterocycles. The summed E-state index contributed by atoms with van der Waals surface area (Å²) in [6, 6.07) is 10.2. The molecule has 2 unspecified atom stereocenters. The van der Waals surface area contributed by atoms with Crippen LogP contribution in [0.4, 0.5) is 0 Å². The molecule has 0 radical (unpaired) electrons. The molecule has 112 valence electrons. The molecule has 1 fully saturated rings. The Hall–Kier alpha value is -1.88. The SMILES string of the molecule is CC(c1ccccc1)C1C(C(N)=O)=NOC12CCNCC2. The molecule has 3 N–H and O–H groups in total. The zero-order chi connectivity index (χ0) is 14.9. The van der Waals surface area contributed by atoms with Gasteiger partial charge in [0.1, 0.15) is 5.60 Å². The number of amides is 1. The van der Waals surface area contributed by atoms with E-state index in [0.717, 1.165) is 25.9 Å². The Morgan fingerprint density at radius 2 is 2.05 bits per heavy atom. The standard InChI is InChI=1S/C16H21N3O2/c1-11(12-5-3-2-4-6-12)13-14(15(17)20)19-21-16(13)7-9-18-10-8-16/h2-6,11,13,18H,7-10H2,1H3,(H2,17,20). The molecule has 5 heteroatoms. The average molecular weight is 287 g/mol. The van der Waals surface area contributed by atoms with Crippen LogP contribution in [-0.2, 0) is 9.63 Å². The molecule has 1 aromatic carbocycles. The first-order valence-electron chi connectivity index (χ1n) is 7.45. The predicted molar refractivity (Wildman–Crippen MR) is 80.9 cm³/mol. The zero-order valence-electron chi connectivity index (χ0n) is 12.2. The first-order valence-corrected chi connectivity index (χ1v) is 7.45. The summed E-state index contributed by atoms with van der Waals surface area (Å²) in [5, 5.41) is 7.39. The molecule has 0 bridgehead atoms. The van der Waals surface area contributed by atoms with Gasteiger partial charge in [-0.15, -0.1) is 0 Å². The Labute approximate surface area is 124 Å². The summed E-state index contributed by atoms with van der Waals surface area (Å²) in [5.41, 5.74) is 6.69. The first-order chi connectivity index (χ1) is 10.1. The summed E-state index contributed by atoms with van der Waals surface area (Å²) < 4.78 is 0. The van der Waals surface area contributed by atoms with Crippen molar-refractivity contribution >= 4 is 11.6 Å². The Morgan fingerprint density at radius 1 is 1.38 bits per heavy atom. The van der Waals surface area contributed by atoms with Crippen LogP contribution in [0.1, 0.15) is 31.2 Å². The number of hydrogen-bond donors (Lipinski definition) is 2. The van der Waals surface area contributed by atoms with Crippen LogP contribution in [0.2, 0.25) is 0 Å². The minimum atomic E-state index is -0.474. The highest BCUT2D eigenvalue weighted by Crippen LogP contribution is 2.44. The molecule has 2 aliphatic heterocycles. The second-order valence-electron chi connectivity index (χ2n) is 5.92. The van der Waals surface area contributed by atoms with Gasteiger partial charge in [0.05, 0.1) is 5.92 Å². The van der Waals surface area contributed by atoms with E-state index in [4.69, 9.17) is 10.6 Å². The number of primary amides is 1. The third-order valence-corrected chi connectivity index (χ3v) is 4.71. The van der Waals surface area contributed by atoms with E-state index in [-0.39, 0.29) is 11.8 Å².